The lowest BCUT2D eigenvalue weighted by Gasteiger charge is -2.13. The summed E-state index contributed by atoms with van der Waals surface area (Å²) >= 11 is 3.90. The number of aryl methyl sites for hydroxylation is 2. The van der Waals surface area contributed by atoms with Crippen LogP contribution in [0.1, 0.15) is 44.1 Å². The summed E-state index contributed by atoms with van der Waals surface area (Å²) in [5.41, 5.74) is 3.63. The number of carbonyl (C=O) groups is 1. The Morgan fingerprint density at radius 2 is 1.98 bits per heavy atom. The highest BCUT2D eigenvalue weighted by atomic mass is 32.2. The average molecular weight is 667 g/mol. The van der Waals surface area contributed by atoms with Gasteiger partial charge in [0.1, 0.15) is 17.6 Å². The number of carbonyl (C=O) groups excluding carboxylic acids is 1. The van der Waals surface area contributed by atoms with E-state index in [1.807, 2.05) is 28.7 Å². The zero-order valence-corrected chi connectivity index (χ0v) is 27.9. The number of unbranched alkanes of at least 4 members (excludes halogenated alkanes) is 2. The van der Waals surface area contributed by atoms with Crippen molar-refractivity contribution in [1.29, 1.82) is 0 Å². The van der Waals surface area contributed by atoms with Gasteiger partial charge in [0.05, 0.1) is 33.5 Å². The molecule has 2 aromatic carbocycles. The number of thioether (sulfide) groups is 1. The first kappa shape index (κ1) is 31.6. The summed E-state index contributed by atoms with van der Waals surface area (Å²) in [5, 5.41) is 14.8. The number of amides is 1. The molecule has 1 fully saturated rings. The first-order valence-corrected chi connectivity index (χ1v) is 17.2. The molecule has 0 N–H and O–H groups in total. The van der Waals surface area contributed by atoms with Crippen LogP contribution in [0.4, 0.5) is 5.69 Å². The maximum atomic E-state index is 13.8. The number of thiazole rings is 1. The van der Waals surface area contributed by atoms with Crippen LogP contribution in [-0.2, 0) is 27.8 Å². The summed E-state index contributed by atoms with van der Waals surface area (Å²) in [5.74, 6) is 0.671. The van der Waals surface area contributed by atoms with Gasteiger partial charge in [0.2, 0.25) is 11.5 Å². The Balaban J connectivity index is 1.34. The molecule has 0 bridgehead atoms. The highest BCUT2D eigenvalue weighted by molar-refractivity contribution is 8.03. The molecule has 2 aliphatic heterocycles. The van der Waals surface area contributed by atoms with Crippen molar-refractivity contribution < 1.29 is 28.4 Å². The highest BCUT2D eigenvalue weighted by Crippen LogP contribution is 2.45. The van der Waals surface area contributed by atoms with E-state index < -0.39 is 0 Å². The quantitative estimate of drug-likeness (QED) is 0.0562. The molecule has 236 valence electrons. The van der Waals surface area contributed by atoms with Gasteiger partial charge < -0.3 is 19.5 Å². The van der Waals surface area contributed by atoms with E-state index in [9.17, 15) is 14.8 Å². The van der Waals surface area contributed by atoms with Gasteiger partial charge in [-0.1, -0.05) is 37.6 Å². The van der Waals surface area contributed by atoms with Crippen molar-refractivity contribution in [2.75, 3.05) is 18.5 Å². The fourth-order valence-electron chi connectivity index (χ4n) is 5.51. The van der Waals surface area contributed by atoms with Crippen molar-refractivity contribution in [3.05, 3.63) is 78.5 Å². The summed E-state index contributed by atoms with van der Waals surface area (Å²) in [6.45, 7) is 5.46. The average Bonchev–Trinajstić information content (AvgIpc) is 3.24. The van der Waals surface area contributed by atoms with E-state index in [1.165, 1.54) is 27.5 Å². The standard InChI is InChI=1S/C32H34N4O6S3/c1-5-6-7-15-35-22(31(35)37)14-16-36-30(13-12-29-34(4)24-17-20(2)8-11-26(24)43-29)44-27(32(36)38)19-28-33(3)23-18-21(45-42-41-39)9-10-25(23)40-28/h8-13,17-19,22H,5-7,14-16H2,1-4H3. The summed E-state index contributed by atoms with van der Waals surface area (Å²) < 4.78 is 15.5. The molecule has 4 aromatic rings. The number of benzene rings is 2. The third-order valence-corrected chi connectivity index (χ3v) is 10.9. The van der Waals surface area contributed by atoms with Crippen LogP contribution in [0.15, 0.2) is 66.5 Å². The zero-order valence-electron chi connectivity index (χ0n) is 25.5. The molecule has 0 spiro atoms. The first-order chi connectivity index (χ1) is 21.8. The molecule has 1 amide bonds. The van der Waals surface area contributed by atoms with Crippen molar-refractivity contribution in [1.82, 2.24) is 9.47 Å². The van der Waals surface area contributed by atoms with E-state index in [4.69, 9.17) is 4.42 Å². The van der Waals surface area contributed by atoms with E-state index in [-0.39, 0.29) is 17.5 Å². The molecular weight excluding hydrogens is 633 g/mol. The van der Waals surface area contributed by atoms with Gasteiger partial charge >= 0.3 is 5.89 Å². The number of aromatic nitrogens is 2. The van der Waals surface area contributed by atoms with Crippen molar-refractivity contribution in [2.24, 2.45) is 7.05 Å². The smallest absolute Gasteiger partial charge is 0.375 e. The lowest BCUT2D eigenvalue weighted by atomic mass is 10.2. The minimum atomic E-state index is -0.127. The highest BCUT2D eigenvalue weighted by Gasteiger charge is 2.44. The second kappa shape index (κ2) is 13.6. The fraction of sp³-hybridized carbons (Fsp3) is 0.344. The lowest BCUT2D eigenvalue weighted by Crippen LogP contribution is -2.34. The van der Waals surface area contributed by atoms with E-state index in [0.717, 1.165) is 53.1 Å². The first-order valence-electron chi connectivity index (χ1n) is 14.8. The minimum Gasteiger partial charge on any atom is -0.691 e. The van der Waals surface area contributed by atoms with Crippen LogP contribution in [-0.4, -0.2) is 35.0 Å². The van der Waals surface area contributed by atoms with Crippen molar-refractivity contribution in [3.63, 3.8) is 0 Å². The van der Waals surface area contributed by atoms with Crippen LogP contribution >= 0.6 is 35.1 Å². The van der Waals surface area contributed by atoms with Gasteiger partial charge in [0.25, 0.3) is 11.1 Å². The second-order valence-corrected chi connectivity index (χ2v) is 14.0. The summed E-state index contributed by atoms with van der Waals surface area (Å²) in [6, 6.07) is 11.6. The summed E-state index contributed by atoms with van der Waals surface area (Å²) in [6.07, 6.45) is 9.61. The van der Waals surface area contributed by atoms with Crippen LogP contribution in [0.2, 0.25) is 0 Å². The predicted molar refractivity (Wildman–Crippen MR) is 174 cm³/mol. The monoisotopic (exact) mass is 666 g/mol. The molecular formula is C32H34N4O6S3. The number of oxazole rings is 1. The Labute approximate surface area is 272 Å². The van der Waals surface area contributed by atoms with Crippen LogP contribution in [0.25, 0.3) is 23.3 Å². The number of allylic oxidation sites excluding steroid dienone is 1. The summed E-state index contributed by atoms with van der Waals surface area (Å²) in [7, 11) is 3.90. The molecule has 0 saturated carbocycles. The molecule has 2 aromatic heterocycles. The van der Waals surface area contributed by atoms with Gasteiger partial charge in [0.15, 0.2) is 0 Å². The number of nitrogens with zero attached hydrogens (tertiary/aromatic N) is 4. The number of hydrogen-bond donors (Lipinski definition) is 0. The maximum Gasteiger partial charge on any atom is 0.375 e. The third-order valence-electron chi connectivity index (χ3n) is 8.08. The number of rotatable bonds is 12. The molecule has 0 radical (unpaired) electrons. The number of anilines is 1. The van der Waals surface area contributed by atoms with Crippen LogP contribution in [0.5, 0.6) is 0 Å². The Bertz CT molecular complexity index is 1960. The Hall–Kier alpha value is -3.33. The maximum absolute atomic E-state index is 13.8. The van der Waals surface area contributed by atoms with E-state index in [0.29, 0.717) is 33.9 Å². The van der Waals surface area contributed by atoms with Crippen molar-refractivity contribution in [2.45, 2.75) is 61.9 Å². The molecule has 4 heterocycles. The van der Waals surface area contributed by atoms with Gasteiger partial charge in [-0.05, 0) is 61.7 Å². The summed E-state index contributed by atoms with van der Waals surface area (Å²) in [4.78, 5) is 32.3. The van der Waals surface area contributed by atoms with E-state index >= 15 is 0 Å². The van der Waals surface area contributed by atoms with Gasteiger partial charge in [-0.15, -0.1) is 11.3 Å². The molecule has 13 heteroatoms. The fourth-order valence-corrected chi connectivity index (χ4v) is 7.94. The van der Waals surface area contributed by atoms with Crippen LogP contribution in [0, 0.1) is 6.92 Å². The molecule has 0 aliphatic carbocycles. The van der Waals surface area contributed by atoms with Gasteiger partial charge in [-0.3, -0.25) is 19.2 Å². The topological polar surface area (TPSA) is 104 Å². The molecule has 1 saturated heterocycles. The molecule has 1 atom stereocenters. The predicted octanol–water partition coefficient (Wildman–Crippen LogP) is 3.50. The van der Waals surface area contributed by atoms with Gasteiger partial charge in [0, 0.05) is 36.0 Å². The minimum absolute atomic E-state index is 0.126. The number of fused-ring (bicyclic) bond motifs is 2. The lowest BCUT2D eigenvalue weighted by molar-refractivity contribution is -0.777. The Kier molecular flexibility index (Phi) is 9.54. The van der Waals surface area contributed by atoms with Gasteiger partial charge in [-0.25, -0.2) is 0 Å². The molecule has 1 unspecified atom stereocenters. The SMILES string of the molecule is CCCCCN1C(=O)C1CCn1c(=CC=C2Sc3ccc(C)cc3N2C)sc(=Cc2oc3ccc(SOO[O-])cc3[n+]2C)c1=O. The van der Waals surface area contributed by atoms with Crippen LogP contribution in [0.3, 0.4) is 0 Å². The van der Waals surface area contributed by atoms with Crippen LogP contribution < -0.4 is 29.5 Å². The molecule has 6 rings (SSSR count). The molecule has 10 nitrogen and oxygen atoms in total. The zero-order chi connectivity index (χ0) is 31.7. The van der Waals surface area contributed by atoms with Gasteiger partial charge in [-0.2, -0.15) is 8.90 Å². The molecule has 45 heavy (non-hydrogen) atoms. The van der Waals surface area contributed by atoms with E-state index in [2.05, 4.69) is 59.4 Å². The largest absolute Gasteiger partial charge is 0.691 e. The Morgan fingerprint density at radius 3 is 2.78 bits per heavy atom. The number of hydrogen-bond acceptors (Lipinski definition) is 10. The van der Waals surface area contributed by atoms with E-state index in [1.54, 1.807) is 34.5 Å². The normalized spacial score (nSPS) is 17.8. The Morgan fingerprint density at radius 1 is 1.13 bits per heavy atom. The van der Waals surface area contributed by atoms with Crippen molar-refractivity contribution >= 4 is 70.0 Å². The molecule has 2 aliphatic rings. The van der Waals surface area contributed by atoms with Crippen molar-refractivity contribution in [3.8, 4) is 0 Å². The second-order valence-electron chi connectivity index (χ2n) is 11.1. The third kappa shape index (κ3) is 6.64.